The first-order valence-electron chi connectivity index (χ1n) is 4.34. The summed E-state index contributed by atoms with van der Waals surface area (Å²) in [7, 11) is 0. The Kier molecular flexibility index (Phi) is 3.05. The van der Waals surface area contributed by atoms with E-state index < -0.39 is 12.0 Å². The average Bonchev–Trinajstić information content (AvgIpc) is 2.03. The third-order valence-corrected chi connectivity index (χ3v) is 2.49. The molecule has 0 spiro atoms. The lowest BCUT2D eigenvalue weighted by Crippen LogP contribution is -2.40. The lowest BCUT2D eigenvalue weighted by molar-refractivity contribution is -0.129. The Morgan fingerprint density at radius 3 is 2.67 bits per heavy atom. The van der Waals surface area contributed by atoms with Crippen LogP contribution in [0.25, 0.3) is 0 Å². The van der Waals surface area contributed by atoms with Crippen molar-refractivity contribution in [3.63, 3.8) is 0 Å². The van der Waals surface area contributed by atoms with Crippen molar-refractivity contribution in [1.29, 1.82) is 0 Å². The molecule has 12 heavy (non-hydrogen) atoms. The van der Waals surface area contributed by atoms with Gasteiger partial charge in [0.25, 0.3) is 0 Å². The van der Waals surface area contributed by atoms with Gasteiger partial charge in [-0.25, -0.2) is 0 Å². The molecule has 70 valence electrons. The highest BCUT2D eigenvalue weighted by molar-refractivity contribution is 5.78. The molecule has 0 bridgehead atoms. The van der Waals surface area contributed by atoms with Crippen molar-refractivity contribution < 1.29 is 9.90 Å². The van der Waals surface area contributed by atoms with Crippen LogP contribution in [-0.4, -0.2) is 23.2 Å². The highest BCUT2D eigenvalue weighted by Crippen LogP contribution is 2.25. The van der Waals surface area contributed by atoms with Crippen molar-refractivity contribution in [1.82, 2.24) is 0 Å². The molecule has 0 aromatic carbocycles. The smallest absolute Gasteiger partial charge is 0.246 e. The normalized spacial score (nSPS) is 32.8. The van der Waals surface area contributed by atoms with Crippen LogP contribution in [0.5, 0.6) is 0 Å². The van der Waals surface area contributed by atoms with Gasteiger partial charge in [-0.15, -0.1) is 0 Å². The number of amides is 1. The molecule has 5 N–H and O–H groups in total. The van der Waals surface area contributed by atoms with E-state index in [2.05, 4.69) is 0 Å². The summed E-state index contributed by atoms with van der Waals surface area (Å²) in [4.78, 5) is 10.6. The predicted molar refractivity (Wildman–Crippen MR) is 45.1 cm³/mol. The molecular formula is C8H16N2O2. The highest BCUT2D eigenvalue weighted by atomic mass is 16.3. The molecule has 1 aliphatic carbocycles. The number of hydrogen-bond acceptors (Lipinski definition) is 3. The summed E-state index contributed by atoms with van der Waals surface area (Å²) in [5, 5.41) is 9.34. The highest BCUT2D eigenvalue weighted by Gasteiger charge is 2.28. The molecule has 4 nitrogen and oxygen atoms in total. The summed E-state index contributed by atoms with van der Waals surface area (Å²) < 4.78 is 0. The van der Waals surface area contributed by atoms with E-state index in [-0.39, 0.29) is 12.0 Å². The molecule has 1 fully saturated rings. The fourth-order valence-electron chi connectivity index (χ4n) is 1.79. The standard InChI is InChI=1S/C8H16N2O2/c9-6-3-1-2-5(4-6)7(11)8(10)12/h5-7,11H,1-4,9H2,(H2,10,12)/t5-,6-,7+/m1/s1. The molecule has 0 saturated heterocycles. The third-order valence-electron chi connectivity index (χ3n) is 2.49. The van der Waals surface area contributed by atoms with Crippen molar-refractivity contribution in [3.05, 3.63) is 0 Å². The SMILES string of the molecule is NC(=O)[C@@H](O)[C@@H]1CCC[C@@H](N)C1. The lowest BCUT2D eigenvalue weighted by Gasteiger charge is -2.28. The van der Waals surface area contributed by atoms with Gasteiger partial charge in [0.1, 0.15) is 6.10 Å². The monoisotopic (exact) mass is 172 g/mol. The van der Waals surface area contributed by atoms with E-state index in [1.54, 1.807) is 0 Å². The van der Waals surface area contributed by atoms with Crippen LogP contribution in [0, 0.1) is 5.92 Å². The zero-order valence-electron chi connectivity index (χ0n) is 7.07. The van der Waals surface area contributed by atoms with Crippen LogP contribution >= 0.6 is 0 Å². The van der Waals surface area contributed by atoms with Crippen molar-refractivity contribution in [2.24, 2.45) is 17.4 Å². The van der Waals surface area contributed by atoms with Crippen LogP contribution in [0.4, 0.5) is 0 Å². The molecule has 0 aliphatic heterocycles. The fourth-order valence-corrected chi connectivity index (χ4v) is 1.79. The first kappa shape index (κ1) is 9.48. The van der Waals surface area contributed by atoms with E-state index >= 15 is 0 Å². The summed E-state index contributed by atoms with van der Waals surface area (Å²) in [6, 6.07) is 0.123. The summed E-state index contributed by atoms with van der Waals surface area (Å²) in [5.74, 6) is -0.652. The summed E-state index contributed by atoms with van der Waals surface area (Å²) in [6.45, 7) is 0. The molecular weight excluding hydrogens is 156 g/mol. The van der Waals surface area contributed by atoms with Gasteiger partial charge in [-0.1, -0.05) is 6.42 Å². The van der Waals surface area contributed by atoms with Crippen molar-refractivity contribution in [3.8, 4) is 0 Å². The number of rotatable bonds is 2. The minimum Gasteiger partial charge on any atom is -0.383 e. The summed E-state index contributed by atoms with van der Waals surface area (Å²) in [6.07, 6.45) is 2.54. The number of carbonyl (C=O) groups is 1. The maximum atomic E-state index is 10.6. The van der Waals surface area contributed by atoms with Gasteiger partial charge in [0.05, 0.1) is 0 Å². The Balaban J connectivity index is 2.45. The summed E-state index contributed by atoms with van der Waals surface area (Å²) in [5.41, 5.74) is 10.7. The Morgan fingerprint density at radius 2 is 2.17 bits per heavy atom. The topological polar surface area (TPSA) is 89.3 Å². The van der Waals surface area contributed by atoms with Gasteiger partial charge in [-0.2, -0.15) is 0 Å². The van der Waals surface area contributed by atoms with Crippen LogP contribution < -0.4 is 11.5 Å². The number of aliphatic hydroxyl groups excluding tert-OH is 1. The first-order valence-corrected chi connectivity index (χ1v) is 4.34. The molecule has 0 aromatic heterocycles. The molecule has 1 rings (SSSR count). The zero-order chi connectivity index (χ0) is 9.14. The van der Waals surface area contributed by atoms with Crippen LogP contribution in [0.3, 0.4) is 0 Å². The first-order chi connectivity index (χ1) is 5.61. The molecule has 1 amide bonds. The largest absolute Gasteiger partial charge is 0.383 e. The molecule has 1 aliphatic rings. The van der Waals surface area contributed by atoms with Crippen LogP contribution in [0.2, 0.25) is 0 Å². The second-order valence-corrected chi connectivity index (χ2v) is 3.53. The van der Waals surface area contributed by atoms with E-state index in [0.717, 1.165) is 19.3 Å². The molecule has 4 heteroatoms. The van der Waals surface area contributed by atoms with E-state index in [9.17, 15) is 9.90 Å². The van der Waals surface area contributed by atoms with Crippen molar-refractivity contribution in [2.45, 2.75) is 37.8 Å². The number of primary amides is 1. The quantitative estimate of drug-likeness (QED) is 0.517. The average molecular weight is 172 g/mol. The van der Waals surface area contributed by atoms with Crippen LogP contribution in [0.15, 0.2) is 0 Å². The molecule has 0 unspecified atom stereocenters. The maximum absolute atomic E-state index is 10.6. The van der Waals surface area contributed by atoms with E-state index in [4.69, 9.17) is 11.5 Å². The van der Waals surface area contributed by atoms with Gasteiger partial charge in [0.15, 0.2) is 0 Å². The maximum Gasteiger partial charge on any atom is 0.246 e. The lowest BCUT2D eigenvalue weighted by atomic mass is 9.82. The molecule has 1 saturated carbocycles. The van der Waals surface area contributed by atoms with Crippen LogP contribution in [0.1, 0.15) is 25.7 Å². The Bertz CT molecular complexity index is 172. The van der Waals surface area contributed by atoms with Crippen LogP contribution in [-0.2, 0) is 4.79 Å². The third kappa shape index (κ3) is 2.19. The second-order valence-electron chi connectivity index (χ2n) is 3.53. The van der Waals surface area contributed by atoms with E-state index in [0.29, 0.717) is 6.42 Å². The van der Waals surface area contributed by atoms with Gasteiger partial charge >= 0.3 is 0 Å². The second kappa shape index (κ2) is 3.87. The number of hydrogen-bond donors (Lipinski definition) is 3. The molecule has 3 atom stereocenters. The number of nitrogens with two attached hydrogens (primary N) is 2. The number of aliphatic hydroxyl groups is 1. The van der Waals surface area contributed by atoms with E-state index in [1.807, 2.05) is 0 Å². The van der Waals surface area contributed by atoms with Crippen molar-refractivity contribution in [2.75, 3.05) is 0 Å². The Hall–Kier alpha value is -0.610. The van der Waals surface area contributed by atoms with Gasteiger partial charge < -0.3 is 16.6 Å². The molecule has 0 radical (unpaired) electrons. The minimum absolute atomic E-state index is 0.0220. The Labute approximate surface area is 71.9 Å². The predicted octanol–water partition coefficient (Wildman–Crippen LogP) is -0.650. The fraction of sp³-hybridized carbons (Fsp3) is 0.875. The van der Waals surface area contributed by atoms with Gasteiger partial charge in [-0.3, -0.25) is 4.79 Å². The Morgan fingerprint density at radius 1 is 1.50 bits per heavy atom. The van der Waals surface area contributed by atoms with Crippen molar-refractivity contribution >= 4 is 5.91 Å². The van der Waals surface area contributed by atoms with Gasteiger partial charge in [-0.05, 0) is 25.2 Å². The zero-order valence-corrected chi connectivity index (χ0v) is 7.07. The summed E-state index contributed by atoms with van der Waals surface area (Å²) >= 11 is 0. The molecule has 0 heterocycles. The number of carbonyl (C=O) groups excluding carboxylic acids is 1. The minimum atomic E-state index is -1.00. The van der Waals surface area contributed by atoms with Gasteiger partial charge in [0.2, 0.25) is 5.91 Å². The molecule has 0 aromatic rings. The van der Waals surface area contributed by atoms with E-state index in [1.165, 1.54) is 0 Å². The van der Waals surface area contributed by atoms with Gasteiger partial charge in [0, 0.05) is 6.04 Å².